The predicted molar refractivity (Wildman–Crippen MR) is 169 cm³/mol. The molecule has 10 heteroatoms. The third kappa shape index (κ3) is 5.70. The second-order valence-corrected chi connectivity index (χ2v) is 13.5. The van der Waals surface area contributed by atoms with Gasteiger partial charge in [0.2, 0.25) is 0 Å². The summed E-state index contributed by atoms with van der Waals surface area (Å²) in [5.41, 5.74) is 8.51. The summed E-state index contributed by atoms with van der Waals surface area (Å²) in [5.74, 6) is 3.26. The molecule has 4 heterocycles. The lowest BCUT2D eigenvalue weighted by Crippen LogP contribution is -2.59. The smallest absolute Gasteiger partial charge is 0.410 e. The first-order valence-corrected chi connectivity index (χ1v) is 15.8. The van der Waals surface area contributed by atoms with Crippen LogP contribution in [0.3, 0.4) is 0 Å². The summed E-state index contributed by atoms with van der Waals surface area (Å²) in [6.07, 6.45) is 5.89. The molecule has 1 atom stereocenters. The molecule has 2 aromatic heterocycles. The van der Waals surface area contributed by atoms with E-state index in [0.29, 0.717) is 23.7 Å². The van der Waals surface area contributed by atoms with E-state index in [2.05, 4.69) is 19.5 Å². The molecule has 2 N–H and O–H groups in total. The van der Waals surface area contributed by atoms with Crippen LogP contribution in [0.15, 0.2) is 60.9 Å². The van der Waals surface area contributed by atoms with Gasteiger partial charge in [-0.3, -0.25) is 4.90 Å². The van der Waals surface area contributed by atoms with E-state index < -0.39 is 5.60 Å². The van der Waals surface area contributed by atoms with Crippen molar-refractivity contribution in [3.05, 3.63) is 60.9 Å². The van der Waals surface area contributed by atoms with Crippen molar-refractivity contribution in [3.8, 4) is 22.8 Å². The minimum Gasteiger partial charge on any atom is -0.457 e. The van der Waals surface area contributed by atoms with Crippen LogP contribution in [0.4, 0.5) is 10.6 Å². The molecular weight excluding hydrogens is 554 g/mol. The van der Waals surface area contributed by atoms with E-state index in [1.807, 2.05) is 80.3 Å². The number of likely N-dealkylation sites (tertiary alicyclic amines) is 2. The van der Waals surface area contributed by atoms with E-state index >= 15 is 0 Å². The van der Waals surface area contributed by atoms with Crippen LogP contribution in [0.25, 0.3) is 22.3 Å². The molecule has 1 amide bonds. The third-order valence-corrected chi connectivity index (χ3v) is 9.29. The summed E-state index contributed by atoms with van der Waals surface area (Å²) < 4.78 is 13.6. The van der Waals surface area contributed by atoms with E-state index in [1.165, 1.54) is 19.2 Å². The van der Waals surface area contributed by atoms with Crippen LogP contribution in [0.1, 0.15) is 52.5 Å². The summed E-state index contributed by atoms with van der Waals surface area (Å²) in [7, 11) is 0. The number of anilines is 1. The molecule has 10 nitrogen and oxygen atoms in total. The number of amides is 1. The van der Waals surface area contributed by atoms with E-state index in [4.69, 9.17) is 20.3 Å². The molecule has 3 fully saturated rings. The molecular formula is C34H41N7O3. The Kier molecular flexibility index (Phi) is 7.40. The number of nitrogen functional groups attached to an aromatic ring is 1. The maximum absolute atomic E-state index is 12.4. The van der Waals surface area contributed by atoms with Gasteiger partial charge in [-0.05, 0) is 101 Å². The van der Waals surface area contributed by atoms with Crippen LogP contribution >= 0.6 is 0 Å². The topological polar surface area (TPSA) is 112 Å². The second-order valence-electron chi connectivity index (χ2n) is 13.5. The zero-order valence-electron chi connectivity index (χ0n) is 25.7. The van der Waals surface area contributed by atoms with E-state index in [1.54, 1.807) is 0 Å². The van der Waals surface area contributed by atoms with Gasteiger partial charge in [0.1, 0.15) is 34.9 Å². The summed E-state index contributed by atoms with van der Waals surface area (Å²) in [6, 6.07) is 18.5. The number of ether oxygens (including phenoxy) is 2. The first-order chi connectivity index (χ1) is 21.2. The van der Waals surface area contributed by atoms with Gasteiger partial charge >= 0.3 is 6.09 Å². The van der Waals surface area contributed by atoms with Crippen molar-refractivity contribution in [2.45, 2.75) is 64.1 Å². The minimum atomic E-state index is -0.449. The number of para-hydroxylation sites is 1. The standard InChI is InChI=1S/C34H41N7O3/c1-34(2,3)44-33(42)40-18-24(19-40)23-16-26(17-23)39-15-7-8-25(20-39)41-32-29(31(35)36-21-37-32)30(38-41)22-11-13-28(14-12-22)43-27-9-5-4-6-10-27/h4-6,9-14,21,23-26H,7-8,15-20H2,1-3H3,(H2,35,36,37)/t23?,25-,26?/m1/s1. The number of aromatic nitrogens is 4. The van der Waals surface area contributed by atoms with Crippen LogP contribution in [0.2, 0.25) is 0 Å². The van der Waals surface area contributed by atoms with Gasteiger partial charge < -0.3 is 20.1 Å². The number of fused-ring (bicyclic) bond motifs is 1. The van der Waals surface area contributed by atoms with Crippen LogP contribution in [0, 0.1) is 11.8 Å². The molecule has 2 saturated heterocycles. The second kappa shape index (κ2) is 11.4. The molecule has 0 bridgehead atoms. The van der Waals surface area contributed by atoms with Crippen molar-refractivity contribution < 1.29 is 14.3 Å². The van der Waals surface area contributed by atoms with Gasteiger partial charge in [-0.2, -0.15) is 5.10 Å². The molecule has 0 unspecified atom stereocenters. The lowest BCUT2D eigenvalue weighted by molar-refractivity contribution is -0.0429. The van der Waals surface area contributed by atoms with E-state index in [-0.39, 0.29) is 12.1 Å². The van der Waals surface area contributed by atoms with Crippen LogP contribution in [-0.2, 0) is 4.74 Å². The Morgan fingerprint density at radius 3 is 2.36 bits per heavy atom. The van der Waals surface area contributed by atoms with Crippen LogP contribution in [-0.4, -0.2) is 73.5 Å². The van der Waals surface area contributed by atoms with Gasteiger partial charge in [0.05, 0.1) is 11.4 Å². The quantitative estimate of drug-likeness (QED) is 0.283. The highest BCUT2D eigenvalue weighted by Crippen LogP contribution is 2.43. The number of nitrogens with zero attached hydrogens (tertiary/aromatic N) is 6. The van der Waals surface area contributed by atoms with Crippen molar-refractivity contribution in [3.63, 3.8) is 0 Å². The van der Waals surface area contributed by atoms with Gasteiger partial charge in [0.15, 0.2) is 5.65 Å². The fourth-order valence-electron chi connectivity index (χ4n) is 6.87. The molecule has 2 aromatic carbocycles. The minimum absolute atomic E-state index is 0.185. The molecule has 2 aliphatic heterocycles. The third-order valence-electron chi connectivity index (χ3n) is 9.29. The molecule has 0 spiro atoms. The van der Waals surface area contributed by atoms with Gasteiger partial charge in [-0.15, -0.1) is 0 Å². The number of rotatable bonds is 6. The lowest BCUT2D eigenvalue weighted by atomic mass is 9.69. The number of piperidine rings is 1. The number of benzene rings is 2. The van der Waals surface area contributed by atoms with Crippen LogP contribution in [0.5, 0.6) is 11.5 Å². The SMILES string of the molecule is CC(C)(C)OC(=O)N1CC(C2CC(N3CCC[C@@H](n4nc(-c5ccc(Oc6ccccc6)cc5)c5c(N)ncnc54)C3)C2)C1. The van der Waals surface area contributed by atoms with Gasteiger partial charge in [0.25, 0.3) is 0 Å². The Morgan fingerprint density at radius 1 is 0.909 bits per heavy atom. The monoisotopic (exact) mass is 595 g/mol. The van der Waals surface area contributed by atoms with Crippen molar-refractivity contribution in [1.82, 2.24) is 29.5 Å². The van der Waals surface area contributed by atoms with Gasteiger partial charge in [-0.25, -0.2) is 19.4 Å². The Balaban J connectivity index is 1.02. The lowest BCUT2D eigenvalue weighted by Gasteiger charge is -2.52. The van der Waals surface area contributed by atoms with Crippen molar-refractivity contribution in [1.29, 1.82) is 0 Å². The summed E-state index contributed by atoms with van der Waals surface area (Å²) >= 11 is 0. The zero-order valence-corrected chi connectivity index (χ0v) is 25.7. The molecule has 1 aliphatic carbocycles. The summed E-state index contributed by atoms with van der Waals surface area (Å²) in [5, 5.41) is 5.92. The fraction of sp³-hybridized carbons (Fsp3) is 0.471. The number of hydrogen-bond donors (Lipinski definition) is 1. The number of carbonyl (C=O) groups is 1. The van der Waals surface area contributed by atoms with Crippen molar-refractivity contribution in [2.24, 2.45) is 11.8 Å². The van der Waals surface area contributed by atoms with Crippen molar-refractivity contribution in [2.75, 3.05) is 31.9 Å². The van der Waals surface area contributed by atoms with E-state index in [9.17, 15) is 4.79 Å². The molecule has 230 valence electrons. The molecule has 1 saturated carbocycles. The highest BCUT2D eigenvalue weighted by molar-refractivity contribution is 5.98. The number of carbonyl (C=O) groups excluding carboxylic acids is 1. The Labute approximate surface area is 258 Å². The highest BCUT2D eigenvalue weighted by atomic mass is 16.6. The number of nitrogens with two attached hydrogens (primary N) is 1. The average Bonchev–Trinajstić information content (AvgIpc) is 3.35. The first kappa shape index (κ1) is 28.6. The Bertz CT molecular complexity index is 1620. The van der Waals surface area contributed by atoms with Crippen molar-refractivity contribution >= 4 is 22.9 Å². The molecule has 44 heavy (non-hydrogen) atoms. The zero-order chi connectivity index (χ0) is 30.4. The predicted octanol–water partition coefficient (Wildman–Crippen LogP) is 6.15. The Hall–Kier alpha value is -4.18. The molecule has 7 rings (SSSR count). The van der Waals surface area contributed by atoms with Crippen LogP contribution < -0.4 is 10.5 Å². The normalized spacial score (nSPS) is 22.8. The average molecular weight is 596 g/mol. The Morgan fingerprint density at radius 2 is 1.64 bits per heavy atom. The fourth-order valence-corrected chi connectivity index (χ4v) is 6.87. The van der Waals surface area contributed by atoms with E-state index in [0.717, 1.165) is 72.8 Å². The molecule has 4 aromatic rings. The largest absolute Gasteiger partial charge is 0.457 e. The molecule has 3 aliphatic rings. The maximum Gasteiger partial charge on any atom is 0.410 e. The number of hydrogen-bond acceptors (Lipinski definition) is 8. The maximum atomic E-state index is 12.4. The summed E-state index contributed by atoms with van der Waals surface area (Å²) in [4.78, 5) is 25.8. The van der Waals surface area contributed by atoms with Gasteiger partial charge in [-0.1, -0.05) is 18.2 Å². The first-order valence-electron chi connectivity index (χ1n) is 15.8. The molecule has 0 radical (unpaired) electrons. The summed E-state index contributed by atoms with van der Waals surface area (Å²) in [6.45, 7) is 9.43. The van der Waals surface area contributed by atoms with Gasteiger partial charge in [0, 0.05) is 31.2 Å². The highest BCUT2D eigenvalue weighted by Gasteiger charge is 2.45.